The van der Waals surface area contributed by atoms with E-state index in [9.17, 15) is 4.79 Å². The number of nitrogens with one attached hydrogen (secondary N) is 1. The number of esters is 1. The maximum atomic E-state index is 12.0. The minimum absolute atomic E-state index is 0.349. The van der Waals surface area contributed by atoms with Crippen LogP contribution in [0.5, 0.6) is 0 Å². The Morgan fingerprint density at radius 3 is 2.70 bits per heavy atom. The quantitative estimate of drug-likeness (QED) is 0.633. The van der Waals surface area contributed by atoms with Crippen molar-refractivity contribution in [1.29, 1.82) is 0 Å². The molecule has 2 rings (SSSR count). The van der Waals surface area contributed by atoms with E-state index in [0.29, 0.717) is 23.5 Å². The highest BCUT2D eigenvalue weighted by molar-refractivity contribution is 5.98. The first kappa shape index (κ1) is 14.6. The van der Waals surface area contributed by atoms with Gasteiger partial charge in [0, 0.05) is 26.2 Å². The fraction of sp³-hybridized carbons (Fsp3) is 0.500. The van der Waals surface area contributed by atoms with Gasteiger partial charge in [-0.05, 0) is 26.1 Å². The number of nitrogens with zero attached hydrogens (tertiary/aromatic N) is 2. The van der Waals surface area contributed by atoms with E-state index in [1.807, 2.05) is 0 Å². The number of nitrogens with two attached hydrogens (primary N) is 1. The Labute approximate surface area is 119 Å². The Morgan fingerprint density at radius 2 is 2.05 bits per heavy atom. The van der Waals surface area contributed by atoms with Gasteiger partial charge in [-0.15, -0.1) is 0 Å². The molecular formula is C14H22N4O2. The second-order valence-corrected chi connectivity index (χ2v) is 4.89. The van der Waals surface area contributed by atoms with Gasteiger partial charge >= 0.3 is 5.97 Å². The number of anilines is 2. The molecule has 1 heterocycles. The summed E-state index contributed by atoms with van der Waals surface area (Å²) in [5.74, 6) is -0.351. The Bertz CT molecular complexity index is 470. The van der Waals surface area contributed by atoms with Gasteiger partial charge in [0.1, 0.15) is 0 Å². The molecule has 0 radical (unpaired) electrons. The molecule has 20 heavy (non-hydrogen) atoms. The number of hydrazine groups is 1. The lowest BCUT2D eigenvalue weighted by Gasteiger charge is -2.33. The van der Waals surface area contributed by atoms with Crippen molar-refractivity contribution in [1.82, 2.24) is 9.91 Å². The van der Waals surface area contributed by atoms with Crippen LogP contribution in [-0.2, 0) is 4.74 Å². The minimum atomic E-state index is -0.351. The Morgan fingerprint density at radius 1 is 1.35 bits per heavy atom. The van der Waals surface area contributed by atoms with Gasteiger partial charge in [-0.25, -0.2) is 9.80 Å². The Hall–Kier alpha value is -1.79. The van der Waals surface area contributed by atoms with Gasteiger partial charge in [-0.1, -0.05) is 6.07 Å². The van der Waals surface area contributed by atoms with Gasteiger partial charge in [0.2, 0.25) is 0 Å². The number of hydrogen-bond acceptors (Lipinski definition) is 6. The summed E-state index contributed by atoms with van der Waals surface area (Å²) in [6, 6.07) is 5.27. The van der Waals surface area contributed by atoms with E-state index in [4.69, 9.17) is 10.5 Å². The van der Waals surface area contributed by atoms with Crippen LogP contribution >= 0.6 is 0 Å². The summed E-state index contributed by atoms with van der Waals surface area (Å²) in [6.45, 7) is 5.86. The number of piperazine rings is 1. The summed E-state index contributed by atoms with van der Waals surface area (Å²) < 4.78 is 5.07. The van der Waals surface area contributed by atoms with Gasteiger partial charge in [0.25, 0.3) is 0 Å². The van der Waals surface area contributed by atoms with Crippen LogP contribution in [0.1, 0.15) is 17.3 Å². The van der Waals surface area contributed by atoms with Gasteiger partial charge in [-0.3, -0.25) is 0 Å². The van der Waals surface area contributed by atoms with Crippen molar-refractivity contribution < 1.29 is 9.53 Å². The number of hydrogen-bond donors (Lipinski definition) is 2. The van der Waals surface area contributed by atoms with E-state index < -0.39 is 0 Å². The van der Waals surface area contributed by atoms with Crippen molar-refractivity contribution in [3.05, 3.63) is 23.8 Å². The van der Waals surface area contributed by atoms with E-state index in [0.717, 1.165) is 26.2 Å². The van der Waals surface area contributed by atoms with Crippen LogP contribution in [0.25, 0.3) is 0 Å². The molecular weight excluding hydrogens is 256 g/mol. The molecule has 3 N–H and O–H groups in total. The predicted octanol–water partition coefficient (Wildman–Crippen LogP) is 1.02. The molecule has 1 fully saturated rings. The molecule has 0 amide bonds. The zero-order valence-corrected chi connectivity index (χ0v) is 12.1. The van der Waals surface area contributed by atoms with Crippen LogP contribution in [0.15, 0.2) is 18.2 Å². The lowest BCUT2D eigenvalue weighted by atomic mass is 10.1. The average Bonchev–Trinajstić information content (AvgIpc) is 2.43. The molecule has 0 unspecified atom stereocenters. The highest BCUT2D eigenvalue weighted by Gasteiger charge is 2.19. The number of para-hydroxylation sites is 1. The smallest absolute Gasteiger partial charge is 0.340 e. The maximum absolute atomic E-state index is 12.0. The fourth-order valence-electron chi connectivity index (χ4n) is 2.15. The molecule has 1 aromatic rings. The van der Waals surface area contributed by atoms with Crippen LogP contribution in [0.3, 0.4) is 0 Å². The molecule has 1 aliphatic heterocycles. The van der Waals surface area contributed by atoms with E-state index in [2.05, 4.69) is 22.4 Å². The average molecular weight is 278 g/mol. The topological polar surface area (TPSA) is 70.8 Å². The minimum Gasteiger partial charge on any atom is -0.462 e. The van der Waals surface area contributed by atoms with Crippen LogP contribution in [0, 0.1) is 0 Å². The van der Waals surface area contributed by atoms with Gasteiger partial charge in [0.15, 0.2) is 0 Å². The summed E-state index contributed by atoms with van der Waals surface area (Å²) >= 11 is 0. The molecule has 0 bridgehead atoms. The third kappa shape index (κ3) is 3.40. The van der Waals surface area contributed by atoms with Gasteiger partial charge < -0.3 is 20.8 Å². The summed E-state index contributed by atoms with van der Waals surface area (Å²) in [5, 5.41) is 2.08. The van der Waals surface area contributed by atoms with Crippen LogP contribution in [0.4, 0.5) is 11.4 Å². The first-order valence-electron chi connectivity index (χ1n) is 6.87. The van der Waals surface area contributed by atoms with Gasteiger partial charge in [-0.2, -0.15) is 0 Å². The second-order valence-electron chi connectivity index (χ2n) is 4.89. The summed E-state index contributed by atoms with van der Waals surface area (Å²) in [6.07, 6.45) is 0. The number of benzene rings is 1. The molecule has 0 aromatic heterocycles. The normalized spacial score (nSPS) is 16.9. The molecule has 1 aromatic carbocycles. The van der Waals surface area contributed by atoms with E-state index in [-0.39, 0.29) is 5.97 Å². The van der Waals surface area contributed by atoms with E-state index >= 15 is 0 Å². The lowest BCUT2D eigenvalue weighted by molar-refractivity contribution is 0.0527. The lowest BCUT2D eigenvalue weighted by Crippen LogP contribution is -2.47. The van der Waals surface area contributed by atoms with E-state index in [1.54, 1.807) is 25.1 Å². The van der Waals surface area contributed by atoms with Gasteiger partial charge in [0.05, 0.1) is 23.5 Å². The molecule has 0 spiro atoms. The monoisotopic (exact) mass is 278 g/mol. The molecule has 0 saturated carbocycles. The zero-order valence-electron chi connectivity index (χ0n) is 12.1. The number of nitrogen functional groups attached to an aromatic ring is 1. The summed E-state index contributed by atoms with van der Waals surface area (Å²) in [5.41, 5.74) is 10.9. The first-order valence-corrected chi connectivity index (χ1v) is 6.87. The molecule has 110 valence electrons. The van der Waals surface area contributed by atoms with Crippen LogP contribution in [-0.4, -0.2) is 55.7 Å². The first-order chi connectivity index (χ1) is 9.61. The fourth-order valence-corrected chi connectivity index (χ4v) is 2.15. The third-order valence-electron chi connectivity index (χ3n) is 3.37. The van der Waals surface area contributed by atoms with Crippen molar-refractivity contribution in [2.24, 2.45) is 0 Å². The zero-order chi connectivity index (χ0) is 14.5. The number of carbonyl (C=O) groups excluding carboxylic acids is 1. The molecule has 1 saturated heterocycles. The molecule has 6 nitrogen and oxygen atoms in total. The van der Waals surface area contributed by atoms with Crippen LogP contribution < -0.4 is 11.2 Å². The molecule has 0 aliphatic carbocycles. The largest absolute Gasteiger partial charge is 0.462 e. The SMILES string of the molecule is CCOC(=O)c1cccc(N)c1NN1CCN(C)CC1. The number of rotatable bonds is 4. The number of carbonyl (C=O) groups is 1. The molecule has 6 heteroatoms. The number of ether oxygens (including phenoxy) is 1. The van der Waals surface area contributed by atoms with Crippen molar-refractivity contribution in [3.63, 3.8) is 0 Å². The standard InChI is InChI=1S/C14H22N4O2/c1-3-20-14(19)11-5-4-6-12(15)13(11)16-18-9-7-17(2)8-10-18/h4-6,16H,3,7-10,15H2,1-2H3. The van der Waals surface area contributed by atoms with Crippen molar-refractivity contribution in [2.45, 2.75) is 6.92 Å². The highest BCUT2D eigenvalue weighted by atomic mass is 16.5. The van der Waals surface area contributed by atoms with E-state index in [1.165, 1.54) is 0 Å². The molecule has 0 atom stereocenters. The summed E-state index contributed by atoms with van der Waals surface area (Å²) in [7, 11) is 2.10. The summed E-state index contributed by atoms with van der Waals surface area (Å²) in [4.78, 5) is 14.2. The van der Waals surface area contributed by atoms with Crippen molar-refractivity contribution >= 4 is 17.3 Å². The maximum Gasteiger partial charge on any atom is 0.340 e. The number of likely N-dealkylation sites (N-methyl/N-ethyl adjacent to an activating group) is 1. The predicted molar refractivity (Wildman–Crippen MR) is 79.5 cm³/mol. The van der Waals surface area contributed by atoms with Crippen molar-refractivity contribution in [3.8, 4) is 0 Å². The molecule has 1 aliphatic rings. The Balaban J connectivity index is 2.15. The third-order valence-corrected chi connectivity index (χ3v) is 3.37. The second kappa shape index (κ2) is 6.58. The Kier molecular flexibility index (Phi) is 4.81. The van der Waals surface area contributed by atoms with Crippen molar-refractivity contribution in [2.75, 3.05) is 51.0 Å². The van der Waals surface area contributed by atoms with Crippen LogP contribution in [0.2, 0.25) is 0 Å². The highest BCUT2D eigenvalue weighted by Crippen LogP contribution is 2.25.